The van der Waals surface area contributed by atoms with Gasteiger partial charge in [0.25, 0.3) is 0 Å². The number of thioether (sulfide) groups is 1. The van der Waals surface area contributed by atoms with E-state index in [1.54, 1.807) is 16.7 Å². The average molecular weight is 320 g/mol. The van der Waals surface area contributed by atoms with Crippen molar-refractivity contribution in [1.82, 2.24) is 10.2 Å². The number of nitrogens with one attached hydrogen (secondary N) is 1. The van der Waals surface area contributed by atoms with Gasteiger partial charge in [0.05, 0.1) is 6.04 Å². The fourth-order valence-corrected chi connectivity index (χ4v) is 3.79. The number of carbonyl (C=O) groups is 2. The summed E-state index contributed by atoms with van der Waals surface area (Å²) in [6.45, 7) is 0.905. The van der Waals surface area contributed by atoms with Crippen molar-refractivity contribution >= 4 is 23.6 Å². The maximum atomic E-state index is 12.5. The molecule has 1 N–H and O–H groups in total. The molecule has 0 spiro atoms. The van der Waals surface area contributed by atoms with Gasteiger partial charge in [0.2, 0.25) is 5.91 Å². The first kappa shape index (κ1) is 15.4. The van der Waals surface area contributed by atoms with Gasteiger partial charge in [0, 0.05) is 18.2 Å². The lowest BCUT2D eigenvalue weighted by Gasteiger charge is -2.25. The van der Waals surface area contributed by atoms with Crippen LogP contribution in [0.3, 0.4) is 0 Å². The smallest absolute Gasteiger partial charge is 0.329 e. The number of benzene rings is 1. The Kier molecular flexibility index (Phi) is 5.00. The quantitative estimate of drug-likeness (QED) is 0.850. The van der Waals surface area contributed by atoms with Crippen LogP contribution >= 0.6 is 11.8 Å². The van der Waals surface area contributed by atoms with E-state index < -0.39 is 6.04 Å². The summed E-state index contributed by atoms with van der Waals surface area (Å²) in [4.78, 5) is 26.5. The van der Waals surface area contributed by atoms with E-state index in [9.17, 15) is 9.59 Å². The van der Waals surface area contributed by atoms with Crippen LogP contribution in [0.15, 0.2) is 30.3 Å². The van der Waals surface area contributed by atoms with Gasteiger partial charge >= 0.3 is 5.97 Å². The van der Waals surface area contributed by atoms with E-state index in [0.717, 1.165) is 23.6 Å². The number of rotatable bonds is 4. The summed E-state index contributed by atoms with van der Waals surface area (Å²) in [7, 11) is 0. The molecule has 0 aliphatic carbocycles. The third-order valence-electron chi connectivity index (χ3n) is 4.05. The number of esters is 1. The summed E-state index contributed by atoms with van der Waals surface area (Å²) in [6.07, 6.45) is 1.55. The molecule has 22 heavy (non-hydrogen) atoms. The Morgan fingerprint density at radius 3 is 2.86 bits per heavy atom. The Labute approximate surface area is 134 Å². The molecule has 1 amide bonds. The number of carbonyl (C=O) groups excluding carboxylic acids is 2. The summed E-state index contributed by atoms with van der Waals surface area (Å²) >= 11 is 1.71. The van der Waals surface area contributed by atoms with Gasteiger partial charge in [-0.25, -0.2) is 4.79 Å². The molecule has 3 rings (SSSR count). The van der Waals surface area contributed by atoms with Crippen LogP contribution in [-0.4, -0.2) is 47.0 Å². The van der Waals surface area contributed by atoms with Gasteiger partial charge in [-0.1, -0.05) is 30.3 Å². The van der Waals surface area contributed by atoms with E-state index in [4.69, 9.17) is 4.74 Å². The molecule has 2 saturated heterocycles. The number of hydrogen-bond acceptors (Lipinski definition) is 5. The standard InChI is InChI=1S/C16H20N2O3S/c19-15(13-10-22-11-17-13)18-8-4-7-14(18)16(20)21-9-12-5-2-1-3-6-12/h1-3,5-6,13-14,17H,4,7-11H2/t13-,14-/m0/s1. The summed E-state index contributed by atoms with van der Waals surface area (Å²) in [6, 6.07) is 9.01. The average Bonchev–Trinajstić information content (AvgIpc) is 3.24. The van der Waals surface area contributed by atoms with Crippen molar-refractivity contribution in [3.8, 4) is 0 Å². The Balaban J connectivity index is 1.57. The molecule has 2 aliphatic heterocycles. The zero-order chi connectivity index (χ0) is 15.4. The first-order valence-electron chi connectivity index (χ1n) is 7.58. The van der Waals surface area contributed by atoms with Crippen LogP contribution in [0.25, 0.3) is 0 Å². The number of amides is 1. The molecule has 5 nitrogen and oxygen atoms in total. The molecular weight excluding hydrogens is 300 g/mol. The van der Waals surface area contributed by atoms with E-state index in [-0.39, 0.29) is 24.5 Å². The third kappa shape index (κ3) is 3.44. The van der Waals surface area contributed by atoms with Crippen molar-refractivity contribution in [2.75, 3.05) is 18.2 Å². The van der Waals surface area contributed by atoms with Gasteiger partial charge in [-0.05, 0) is 18.4 Å². The van der Waals surface area contributed by atoms with E-state index in [1.165, 1.54) is 0 Å². The maximum Gasteiger partial charge on any atom is 0.329 e. The first-order chi connectivity index (χ1) is 10.8. The minimum atomic E-state index is -0.427. The van der Waals surface area contributed by atoms with Crippen LogP contribution in [0.5, 0.6) is 0 Å². The third-order valence-corrected chi connectivity index (χ3v) is 4.99. The summed E-state index contributed by atoms with van der Waals surface area (Å²) in [5, 5.41) is 3.17. The predicted molar refractivity (Wildman–Crippen MR) is 85.2 cm³/mol. The van der Waals surface area contributed by atoms with Crippen molar-refractivity contribution in [3.05, 3.63) is 35.9 Å². The first-order valence-corrected chi connectivity index (χ1v) is 8.73. The predicted octanol–water partition coefficient (Wildman–Crippen LogP) is 1.38. The van der Waals surface area contributed by atoms with Gasteiger partial charge in [-0.15, -0.1) is 11.8 Å². The molecule has 0 unspecified atom stereocenters. The topological polar surface area (TPSA) is 58.6 Å². The molecular formula is C16H20N2O3S. The second-order valence-electron chi connectivity index (χ2n) is 5.55. The second-order valence-corrected chi connectivity index (χ2v) is 6.59. The van der Waals surface area contributed by atoms with Crippen LogP contribution in [0.1, 0.15) is 18.4 Å². The number of nitrogens with zero attached hydrogens (tertiary/aromatic N) is 1. The molecule has 1 aromatic rings. The monoisotopic (exact) mass is 320 g/mol. The van der Waals surface area contributed by atoms with Crippen molar-refractivity contribution in [3.63, 3.8) is 0 Å². The van der Waals surface area contributed by atoms with E-state index in [2.05, 4.69) is 5.32 Å². The summed E-state index contributed by atoms with van der Waals surface area (Å²) in [5.41, 5.74) is 0.959. The SMILES string of the molecule is O=C(OCc1ccccc1)[C@@H]1CCCN1C(=O)[C@@H]1CSCN1. The Morgan fingerprint density at radius 2 is 2.14 bits per heavy atom. The van der Waals surface area contributed by atoms with E-state index in [1.807, 2.05) is 30.3 Å². The summed E-state index contributed by atoms with van der Waals surface area (Å²) < 4.78 is 5.40. The number of hydrogen-bond donors (Lipinski definition) is 1. The van der Waals surface area contributed by atoms with Crippen LogP contribution in [-0.2, 0) is 20.9 Å². The minimum Gasteiger partial charge on any atom is -0.459 e. The van der Waals surface area contributed by atoms with Crippen LogP contribution in [0.4, 0.5) is 0 Å². The van der Waals surface area contributed by atoms with E-state index >= 15 is 0 Å². The van der Waals surface area contributed by atoms with Crippen molar-refractivity contribution < 1.29 is 14.3 Å². The maximum absolute atomic E-state index is 12.5. The van der Waals surface area contributed by atoms with Gasteiger partial charge in [0.1, 0.15) is 12.6 Å². The molecule has 0 radical (unpaired) electrons. The number of likely N-dealkylation sites (tertiary alicyclic amines) is 1. The highest BCUT2D eigenvalue weighted by atomic mass is 32.2. The molecule has 2 aliphatic rings. The normalized spacial score (nSPS) is 24.5. The van der Waals surface area contributed by atoms with Crippen LogP contribution < -0.4 is 5.32 Å². The zero-order valence-corrected chi connectivity index (χ0v) is 13.2. The van der Waals surface area contributed by atoms with Gasteiger partial charge < -0.3 is 9.64 Å². The Morgan fingerprint density at radius 1 is 1.32 bits per heavy atom. The minimum absolute atomic E-state index is 0.0316. The van der Waals surface area contributed by atoms with Crippen molar-refractivity contribution in [2.45, 2.75) is 31.5 Å². The molecule has 0 bridgehead atoms. The van der Waals surface area contributed by atoms with Gasteiger partial charge in [0.15, 0.2) is 0 Å². The Hall–Kier alpha value is -1.53. The summed E-state index contributed by atoms with van der Waals surface area (Å²) in [5.74, 6) is 1.32. The lowest BCUT2D eigenvalue weighted by molar-refractivity contribution is -0.154. The molecule has 1 aromatic carbocycles. The highest BCUT2D eigenvalue weighted by molar-refractivity contribution is 7.99. The van der Waals surface area contributed by atoms with E-state index in [0.29, 0.717) is 13.0 Å². The molecule has 6 heteroatoms. The molecule has 0 saturated carbocycles. The molecule has 118 valence electrons. The highest BCUT2D eigenvalue weighted by Gasteiger charge is 2.38. The lowest BCUT2D eigenvalue weighted by atomic mass is 10.2. The van der Waals surface area contributed by atoms with Crippen LogP contribution in [0, 0.1) is 0 Å². The molecule has 2 heterocycles. The molecule has 2 atom stereocenters. The lowest BCUT2D eigenvalue weighted by Crippen LogP contribution is -2.49. The van der Waals surface area contributed by atoms with Crippen LogP contribution in [0.2, 0.25) is 0 Å². The largest absolute Gasteiger partial charge is 0.459 e. The van der Waals surface area contributed by atoms with Gasteiger partial charge in [-0.3, -0.25) is 10.1 Å². The molecule has 0 aromatic heterocycles. The number of ether oxygens (including phenoxy) is 1. The van der Waals surface area contributed by atoms with Gasteiger partial charge in [-0.2, -0.15) is 0 Å². The fraction of sp³-hybridized carbons (Fsp3) is 0.500. The Bertz CT molecular complexity index is 531. The van der Waals surface area contributed by atoms with Crippen molar-refractivity contribution in [1.29, 1.82) is 0 Å². The highest BCUT2D eigenvalue weighted by Crippen LogP contribution is 2.22. The molecule has 2 fully saturated rings. The second kappa shape index (κ2) is 7.15. The van der Waals surface area contributed by atoms with Crippen molar-refractivity contribution in [2.24, 2.45) is 0 Å². The zero-order valence-electron chi connectivity index (χ0n) is 12.4. The fourth-order valence-electron chi connectivity index (χ4n) is 2.85.